The van der Waals surface area contributed by atoms with Crippen LogP contribution in [-0.2, 0) is 4.74 Å². The van der Waals surface area contributed by atoms with Crippen LogP contribution < -0.4 is 0 Å². The van der Waals surface area contributed by atoms with Gasteiger partial charge in [0.15, 0.2) is 0 Å². The predicted octanol–water partition coefficient (Wildman–Crippen LogP) is 3.93. The first-order valence-electron chi connectivity index (χ1n) is 6.58. The van der Waals surface area contributed by atoms with E-state index in [0.717, 1.165) is 0 Å². The summed E-state index contributed by atoms with van der Waals surface area (Å²) < 4.78 is 6.40. The SMILES string of the molecule is C#CCOC1(C2(C)SCCCS2)CCCCC1. The summed E-state index contributed by atoms with van der Waals surface area (Å²) in [5, 5.41) is 0. The van der Waals surface area contributed by atoms with E-state index in [9.17, 15) is 0 Å². The Hall–Kier alpha value is 0.220. The van der Waals surface area contributed by atoms with Crippen molar-refractivity contribution >= 4 is 23.5 Å². The Morgan fingerprint density at radius 1 is 1.12 bits per heavy atom. The van der Waals surface area contributed by atoms with E-state index in [0.29, 0.717) is 6.61 Å². The molecule has 0 unspecified atom stereocenters. The van der Waals surface area contributed by atoms with Gasteiger partial charge in [-0.25, -0.2) is 0 Å². The molecule has 0 bridgehead atoms. The molecular formula is C14H22OS2. The molecule has 2 fully saturated rings. The quantitative estimate of drug-likeness (QED) is 0.719. The molecular weight excluding hydrogens is 248 g/mol. The highest BCUT2D eigenvalue weighted by molar-refractivity contribution is 8.18. The Bertz CT molecular complexity index is 283. The van der Waals surface area contributed by atoms with Gasteiger partial charge in [0.1, 0.15) is 6.61 Å². The van der Waals surface area contributed by atoms with Crippen molar-refractivity contribution in [2.75, 3.05) is 18.1 Å². The van der Waals surface area contributed by atoms with Gasteiger partial charge in [-0.15, -0.1) is 29.9 Å². The molecule has 0 radical (unpaired) electrons. The molecule has 2 aliphatic rings. The van der Waals surface area contributed by atoms with Crippen LogP contribution >= 0.6 is 23.5 Å². The molecule has 1 aliphatic carbocycles. The van der Waals surface area contributed by atoms with E-state index in [-0.39, 0.29) is 9.68 Å². The fourth-order valence-corrected chi connectivity index (χ4v) is 6.35. The molecule has 0 atom stereocenters. The van der Waals surface area contributed by atoms with Crippen LogP contribution in [-0.4, -0.2) is 27.8 Å². The minimum atomic E-state index is 0.0212. The third kappa shape index (κ3) is 2.80. The van der Waals surface area contributed by atoms with Gasteiger partial charge in [-0.3, -0.25) is 0 Å². The first-order chi connectivity index (χ1) is 8.22. The van der Waals surface area contributed by atoms with Crippen molar-refractivity contribution in [3.63, 3.8) is 0 Å². The Morgan fingerprint density at radius 3 is 2.35 bits per heavy atom. The van der Waals surface area contributed by atoms with E-state index in [1.165, 1.54) is 50.0 Å². The lowest BCUT2D eigenvalue weighted by Gasteiger charge is -2.51. The summed E-state index contributed by atoms with van der Waals surface area (Å²) in [5.41, 5.74) is 0.0212. The van der Waals surface area contributed by atoms with Crippen molar-refractivity contribution < 1.29 is 4.74 Å². The highest BCUT2D eigenvalue weighted by atomic mass is 32.2. The number of thioether (sulfide) groups is 2. The molecule has 0 aromatic carbocycles. The molecule has 17 heavy (non-hydrogen) atoms. The normalized spacial score (nSPS) is 27.3. The van der Waals surface area contributed by atoms with Crippen LogP contribution in [0.2, 0.25) is 0 Å². The second-order valence-corrected chi connectivity index (χ2v) is 8.33. The molecule has 1 nitrogen and oxygen atoms in total. The monoisotopic (exact) mass is 270 g/mol. The average Bonchev–Trinajstić information content (AvgIpc) is 2.38. The van der Waals surface area contributed by atoms with Gasteiger partial charge in [0.05, 0.1) is 9.68 Å². The first-order valence-corrected chi connectivity index (χ1v) is 8.55. The summed E-state index contributed by atoms with van der Waals surface area (Å²) in [5.74, 6) is 5.19. The van der Waals surface area contributed by atoms with Gasteiger partial charge in [-0.05, 0) is 37.7 Å². The average molecular weight is 270 g/mol. The molecule has 96 valence electrons. The fraction of sp³-hybridized carbons (Fsp3) is 0.857. The van der Waals surface area contributed by atoms with Gasteiger partial charge in [-0.2, -0.15) is 0 Å². The number of hydrogen-bond donors (Lipinski definition) is 0. The molecule has 0 amide bonds. The zero-order valence-corrected chi connectivity index (χ0v) is 12.3. The highest BCUT2D eigenvalue weighted by Gasteiger charge is 2.51. The lowest BCUT2D eigenvalue weighted by Crippen LogP contribution is -2.52. The zero-order valence-electron chi connectivity index (χ0n) is 10.7. The third-order valence-electron chi connectivity index (χ3n) is 3.96. The summed E-state index contributed by atoms with van der Waals surface area (Å²) in [4.78, 5) is 0. The summed E-state index contributed by atoms with van der Waals surface area (Å²) >= 11 is 4.18. The third-order valence-corrected chi connectivity index (χ3v) is 7.50. The summed E-state index contributed by atoms with van der Waals surface area (Å²) in [6, 6.07) is 0. The maximum absolute atomic E-state index is 6.18. The van der Waals surface area contributed by atoms with E-state index in [2.05, 4.69) is 36.4 Å². The van der Waals surface area contributed by atoms with Gasteiger partial charge < -0.3 is 4.74 Å². The minimum absolute atomic E-state index is 0.0212. The van der Waals surface area contributed by atoms with Crippen molar-refractivity contribution in [1.29, 1.82) is 0 Å². The number of terminal acetylenes is 1. The predicted molar refractivity (Wildman–Crippen MR) is 78.5 cm³/mol. The van der Waals surface area contributed by atoms with Crippen LogP contribution in [0.5, 0.6) is 0 Å². The molecule has 2 rings (SSSR count). The molecule has 1 heterocycles. The van der Waals surface area contributed by atoms with Crippen LogP contribution in [0.4, 0.5) is 0 Å². The van der Waals surface area contributed by atoms with E-state index in [4.69, 9.17) is 11.2 Å². The van der Waals surface area contributed by atoms with Crippen molar-refractivity contribution in [2.45, 2.75) is 55.1 Å². The lowest BCUT2D eigenvalue weighted by atomic mass is 9.82. The van der Waals surface area contributed by atoms with Gasteiger partial charge in [0.25, 0.3) is 0 Å². The molecule has 0 N–H and O–H groups in total. The highest BCUT2D eigenvalue weighted by Crippen LogP contribution is 2.55. The lowest BCUT2D eigenvalue weighted by molar-refractivity contribution is -0.0604. The maximum atomic E-state index is 6.18. The largest absolute Gasteiger partial charge is 0.360 e. The molecule has 0 spiro atoms. The Labute approximate surface area is 114 Å². The zero-order chi connectivity index (χ0) is 12.2. The molecule has 0 aromatic rings. The smallest absolute Gasteiger partial charge is 0.108 e. The number of hydrogen-bond acceptors (Lipinski definition) is 3. The van der Waals surface area contributed by atoms with Gasteiger partial charge in [0, 0.05) is 0 Å². The van der Waals surface area contributed by atoms with Gasteiger partial charge in [-0.1, -0.05) is 25.2 Å². The van der Waals surface area contributed by atoms with E-state index in [1.54, 1.807) is 0 Å². The molecule has 1 saturated heterocycles. The van der Waals surface area contributed by atoms with Crippen molar-refractivity contribution in [3.05, 3.63) is 0 Å². The Balaban J connectivity index is 2.15. The van der Waals surface area contributed by atoms with E-state index in [1.807, 2.05) is 0 Å². The summed E-state index contributed by atoms with van der Waals surface area (Å²) in [7, 11) is 0. The van der Waals surface area contributed by atoms with Crippen LogP contribution in [0.25, 0.3) is 0 Å². The van der Waals surface area contributed by atoms with Gasteiger partial charge in [0.2, 0.25) is 0 Å². The summed E-state index contributed by atoms with van der Waals surface area (Å²) in [6.07, 6.45) is 13.0. The minimum Gasteiger partial charge on any atom is -0.360 e. The van der Waals surface area contributed by atoms with E-state index >= 15 is 0 Å². The second kappa shape index (κ2) is 5.91. The van der Waals surface area contributed by atoms with E-state index < -0.39 is 0 Å². The second-order valence-electron chi connectivity index (χ2n) is 5.04. The standard InChI is InChI=1S/C14H22OS2/c1-3-10-15-14(8-5-4-6-9-14)13(2)16-11-7-12-17-13/h1H,4-12H2,2H3. The van der Waals surface area contributed by atoms with Crippen LogP contribution in [0.15, 0.2) is 0 Å². The molecule has 1 aliphatic heterocycles. The fourth-order valence-electron chi connectivity index (χ4n) is 2.93. The summed E-state index contributed by atoms with van der Waals surface area (Å²) in [6.45, 7) is 2.85. The first kappa shape index (κ1) is 13.6. The van der Waals surface area contributed by atoms with Crippen LogP contribution in [0.3, 0.4) is 0 Å². The molecule has 1 saturated carbocycles. The van der Waals surface area contributed by atoms with Crippen molar-refractivity contribution in [3.8, 4) is 12.3 Å². The van der Waals surface area contributed by atoms with Crippen LogP contribution in [0, 0.1) is 12.3 Å². The van der Waals surface area contributed by atoms with Crippen molar-refractivity contribution in [1.82, 2.24) is 0 Å². The van der Waals surface area contributed by atoms with Gasteiger partial charge >= 0.3 is 0 Å². The topological polar surface area (TPSA) is 9.23 Å². The van der Waals surface area contributed by atoms with Crippen molar-refractivity contribution in [2.24, 2.45) is 0 Å². The number of ether oxygens (including phenoxy) is 1. The molecule has 3 heteroatoms. The Morgan fingerprint density at radius 2 is 1.76 bits per heavy atom. The molecule has 0 aromatic heterocycles. The Kier molecular flexibility index (Phi) is 4.74. The maximum Gasteiger partial charge on any atom is 0.108 e. The number of rotatable bonds is 3. The van der Waals surface area contributed by atoms with Crippen LogP contribution in [0.1, 0.15) is 45.4 Å².